The molecule has 138 valence electrons. The van der Waals surface area contributed by atoms with Crippen LogP contribution in [0, 0.1) is 6.92 Å². The Morgan fingerprint density at radius 3 is 2.62 bits per heavy atom. The number of rotatable bonds is 6. The number of carbonyl (C=O) groups is 1. The van der Waals surface area contributed by atoms with Crippen LogP contribution in [0.1, 0.15) is 12.0 Å². The van der Waals surface area contributed by atoms with Crippen LogP contribution in [-0.2, 0) is 14.8 Å². The quantitative estimate of drug-likeness (QED) is 0.837. The summed E-state index contributed by atoms with van der Waals surface area (Å²) in [5.74, 6) is 0.914. The lowest BCUT2D eigenvalue weighted by Gasteiger charge is -2.23. The number of amides is 1. The number of hydrogen-bond acceptors (Lipinski definition) is 5. The van der Waals surface area contributed by atoms with Crippen molar-refractivity contribution in [2.24, 2.45) is 0 Å². The van der Waals surface area contributed by atoms with Gasteiger partial charge in [-0.1, -0.05) is 18.2 Å². The third-order valence-corrected chi connectivity index (χ3v) is 5.16. The van der Waals surface area contributed by atoms with Crippen molar-refractivity contribution in [1.29, 1.82) is 0 Å². The second-order valence-corrected chi connectivity index (χ2v) is 7.89. The van der Waals surface area contributed by atoms with Gasteiger partial charge in [0.15, 0.2) is 11.5 Å². The number of ether oxygens (including phenoxy) is 2. The zero-order chi connectivity index (χ0) is 18.7. The number of carbonyl (C=O) groups excluding carboxylic acids is 1. The van der Waals surface area contributed by atoms with Gasteiger partial charge in [0.2, 0.25) is 22.7 Å². The first-order chi connectivity index (χ1) is 12.3. The molecule has 2 aromatic carbocycles. The molecule has 0 saturated heterocycles. The first-order valence-corrected chi connectivity index (χ1v) is 9.92. The Kier molecular flexibility index (Phi) is 5.03. The van der Waals surface area contributed by atoms with Crippen molar-refractivity contribution in [3.63, 3.8) is 0 Å². The molecule has 0 fully saturated rings. The molecule has 0 bridgehead atoms. The average molecular weight is 376 g/mol. The molecule has 0 spiro atoms. The van der Waals surface area contributed by atoms with Crippen LogP contribution in [0.3, 0.4) is 0 Å². The summed E-state index contributed by atoms with van der Waals surface area (Å²) in [6.07, 6.45) is 1.16. The minimum atomic E-state index is -3.50. The predicted molar refractivity (Wildman–Crippen MR) is 99.2 cm³/mol. The van der Waals surface area contributed by atoms with E-state index in [9.17, 15) is 13.2 Å². The van der Waals surface area contributed by atoms with Crippen LogP contribution in [0.25, 0.3) is 0 Å². The fourth-order valence-electron chi connectivity index (χ4n) is 2.71. The molecule has 0 radical (unpaired) electrons. The van der Waals surface area contributed by atoms with E-state index in [0.717, 1.165) is 11.8 Å². The highest BCUT2D eigenvalue weighted by Gasteiger charge is 2.20. The number of hydrogen-bond donors (Lipinski definition) is 1. The number of nitrogens with one attached hydrogen (secondary N) is 1. The molecule has 0 aromatic heterocycles. The SMILES string of the molecule is Cc1ccccc1N(CCC(=O)Nc1ccc2c(c1)OCO2)S(C)(=O)=O. The summed E-state index contributed by atoms with van der Waals surface area (Å²) in [5, 5.41) is 2.75. The zero-order valence-corrected chi connectivity index (χ0v) is 15.4. The molecule has 1 aliphatic rings. The standard InChI is InChI=1S/C18H20N2O5S/c1-13-5-3-4-6-15(13)20(26(2,22)23)10-9-18(21)19-14-7-8-16-17(11-14)25-12-24-16/h3-8,11H,9-10,12H2,1-2H3,(H,19,21). The Hall–Kier alpha value is -2.74. The molecule has 3 rings (SSSR count). The van der Waals surface area contributed by atoms with Crippen molar-refractivity contribution in [2.45, 2.75) is 13.3 Å². The number of para-hydroxylation sites is 1. The second-order valence-electron chi connectivity index (χ2n) is 5.99. The minimum Gasteiger partial charge on any atom is -0.454 e. The Bertz CT molecular complexity index is 927. The minimum absolute atomic E-state index is 0.0237. The number of sulfonamides is 1. The predicted octanol–water partition coefficient (Wildman–Crippen LogP) is 2.52. The highest BCUT2D eigenvalue weighted by atomic mass is 32.2. The molecule has 1 N–H and O–H groups in total. The number of nitrogens with zero attached hydrogens (tertiary/aromatic N) is 1. The summed E-state index contributed by atoms with van der Waals surface area (Å²) in [7, 11) is -3.50. The number of aryl methyl sites for hydroxylation is 1. The van der Waals surface area contributed by atoms with E-state index in [1.165, 1.54) is 4.31 Å². The van der Waals surface area contributed by atoms with Gasteiger partial charge in [-0.3, -0.25) is 9.10 Å². The normalized spacial score (nSPS) is 12.7. The zero-order valence-electron chi connectivity index (χ0n) is 14.6. The van der Waals surface area contributed by atoms with E-state index in [-0.39, 0.29) is 25.7 Å². The summed E-state index contributed by atoms with van der Waals surface area (Å²) >= 11 is 0. The van der Waals surface area contributed by atoms with Gasteiger partial charge in [-0.2, -0.15) is 0 Å². The second kappa shape index (κ2) is 7.25. The Morgan fingerprint density at radius 1 is 1.15 bits per heavy atom. The van der Waals surface area contributed by atoms with Crippen molar-refractivity contribution in [1.82, 2.24) is 0 Å². The molecular weight excluding hydrogens is 356 g/mol. The fourth-order valence-corrected chi connectivity index (χ4v) is 3.69. The summed E-state index contributed by atoms with van der Waals surface area (Å²) < 4.78 is 36.0. The van der Waals surface area contributed by atoms with Crippen molar-refractivity contribution >= 4 is 27.3 Å². The van der Waals surface area contributed by atoms with Gasteiger partial charge in [0.25, 0.3) is 0 Å². The molecule has 8 heteroatoms. The summed E-state index contributed by atoms with van der Waals surface area (Å²) in [6.45, 7) is 2.05. The maximum atomic E-state index is 12.3. The van der Waals surface area contributed by atoms with Crippen molar-refractivity contribution in [2.75, 3.05) is 29.2 Å². The molecule has 7 nitrogen and oxygen atoms in total. The van der Waals surface area contributed by atoms with Gasteiger partial charge in [0.1, 0.15) is 0 Å². The lowest BCUT2D eigenvalue weighted by Crippen LogP contribution is -2.33. The molecule has 0 unspecified atom stereocenters. The average Bonchev–Trinajstić information content (AvgIpc) is 3.03. The molecule has 1 aliphatic heterocycles. The Labute approximate surface area is 152 Å². The highest BCUT2D eigenvalue weighted by Crippen LogP contribution is 2.34. The fraction of sp³-hybridized carbons (Fsp3) is 0.278. The summed E-state index contributed by atoms with van der Waals surface area (Å²) in [6, 6.07) is 12.3. The van der Waals surface area contributed by atoms with Crippen LogP contribution in [0.4, 0.5) is 11.4 Å². The molecular formula is C18H20N2O5S. The summed E-state index contributed by atoms with van der Waals surface area (Å²) in [5.41, 5.74) is 1.97. The number of anilines is 2. The smallest absolute Gasteiger partial charge is 0.232 e. The first kappa shape index (κ1) is 18.1. The summed E-state index contributed by atoms with van der Waals surface area (Å²) in [4.78, 5) is 12.3. The molecule has 1 amide bonds. The van der Waals surface area contributed by atoms with Crippen LogP contribution in [0.5, 0.6) is 11.5 Å². The van der Waals surface area contributed by atoms with E-state index in [1.807, 2.05) is 19.1 Å². The van der Waals surface area contributed by atoms with Crippen LogP contribution in [0.2, 0.25) is 0 Å². The molecule has 0 saturated carbocycles. The molecule has 26 heavy (non-hydrogen) atoms. The van der Waals surface area contributed by atoms with E-state index in [4.69, 9.17) is 9.47 Å². The first-order valence-electron chi connectivity index (χ1n) is 8.07. The van der Waals surface area contributed by atoms with Gasteiger partial charge in [-0.25, -0.2) is 8.42 Å². The lowest BCUT2D eigenvalue weighted by molar-refractivity contribution is -0.116. The van der Waals surface area contributed by atoms with Crippen LogP contribution in [-0.4, -0.2) is 33.9 Å². The molecule has 0 atom stereocenters. The van der Waals surface area contributed by atoms with Gasteiger partial charge in [0.05, 0.1) is 11.9 Å². The van der Waals surface area contributed by atoms with Crippen molar-refractivity contribution in [3.8, 4) is 11.5 Å². The van der Waals surface area contributed by atoms with Gasteiger partial charge in [-0.05, 0) is 30.7 Å². The maximum Gasteiger partial charge on any atom is 0.232 e. The van der Waals surface area contributed by atoms with E-state index in [2.05, 4.69) is 5.32 Å². The molecule has 1 heterocycles. The number of benzene rings is 2. The van der Waals surface area contributed by atoms with Crippen LogP contribution < -0.4 is 19.1 Å². The van der Waals surface area contributed by atoms with Crippen molar-refractivity contribution in [3.05, 3.63) is 48.0 Å². The van der Waals surface area contributed by atoms with Crippen molar-refractivity contribution < 1.29 is 22.7 Å². The van der Waals surface area contributed by atoms with E-state index < -0.39 is 10.0 Å². The lowest BCUT2D eigenvalue weighted by atomic mass is 10.2. The van der Waals surface area contributed by atoms with Crippen LogP contribution in [0.15, 0.2) is 42.5 Å². The monoisotopic (exact) mass is 376 g/mol. The Balaban J connectivity index is 1.67. The topological polar surface area (TPSA) is 84.9 Å². The molecule has 0 aliphatic carbocycles. The highest BCUT2D eigenvalue weighted by molar-refractivity contribution is 7.92. The van der Waals surface area contributed by atoms with Gasteiger partial charge >= 0.3 is 0 Å². The van der Waals surface area contributed by atoms with E-state index in [1.54, 1.807) is 30.3 Å². The van der Waals surface area contributed by atoms with Gasteiger partial charge < -0.3 is 14.8 Å². The maximum absolute atomic E-state index is 12.3. The number of fused-ring (bicyclic) bond motifs is 1. The van der Waals surface area contributed by atoms with Gasteiger partial charge in [-0.15, -0.1) is 0 Å². The third-order valence-electron chi connectivity index (χ3n) is 3.98. The van der Waals surface area contributed by atoms with Crippen LogP contribution >= 0.6 is 0 Å². The Morgan fingerprint density at radius 2 is 1.88 bits per heavy atom. The van der Waals surface area contributed by atoms with Gasteiger partial charge in [0, 0.05) is 24.7 Å². The van der Waals surface area contributed by atoms with E-state index in [0.29, 0.717) is 22.9 Å². The van der Waals surface area contributed by atoms with E-state index >= 15 is 0 Å². The largest absolute Gasteiger partial charge is 0.454 e. The molecule has 2 aromatic rings. The third kappa shape index (κ3) is 4.08.